The van der Waals surface area contributed by atoms with Crippen LogP contribution >= 0.6 is 0 Å². The van der Waals surface area contributed by atoms with E-state index in [9.17, 15) is 14.7 Å². The zero-order valence-corrected chi connectivity index (χ0v) is 14.4. The van der Waals surface area contributed by atoms with Crippen LogP contribution in [0.25, 0.3) is 0 Å². The summed E-state index contributed by atoms with van der Waals surface area (Å²) in [5.74, 6) is -0.224. The second kappa shape index (κ2) is 7.96. The third kappa shape index (κ3) is 4.79. The predicted molar refractivity (Wildman–Crippen MR) is 103 cm³/mol. The molecule has 136 valence electrons. The largest absolute Gasteiger partial charge is 0.478 e. The van der Waals surface area contributed by atoms with E-state index in [2.05, 4.69) is 25.9 Å². The fraction of sp³-hybridized carbons (Fsp3) is 0.0526. The molecule has 0 aliphatic heterocycles. The van der Waals surface area contributed by atoms with Crippen molar-refractivity contribution in [2.75, 3.05) is 16.0 Å². The molecule has 0 radical (unpaired) electrons. The molecule has 2 aromatic carbocycles. The molecule has 1 aromatic heterocycles. The van der Waals surface area contributed by atoms with Gasteiger partial charge in [-0.2, -0.15) is 0 Å². The Morgan fingerprint density at radius 2 is 1.59 bits per heavy atom. The Morgan fingerprint density at radius 3 is 2.33 bits per heavy atom. The molecule has 8 nitrogen and oxygen atoms in total. The first-order chi connectivity index (χ1) is 13.0. The van der Waals surface area contributed by atoms with Gasteiger partial charge in [0.05, 0.1) is 11.3 Å². The molecular formula is C19H17N5O3. The van der Waals surface area contributed by atoms with E-state index in [0.29, 0.717) is 23.0 Å². The summed E-state index contributed by atoms with van der Waals surface area (Å²) in [4.78, 5) is 30.8. The van der Waals surface area contributed by atoms with Gasteiger partial charge in [0, 0.05) is 24.4 Å². The number of carboxylic acids is 1. The number of anilines is 5. The fourth-order valence-electron chi connectivity index (χ4n) is 2.44. The summed E-state index contributed by atoms with van der Waals surface area (Å²) in [6.45, 7) is 1.44. The summed E-state index contributed by atoms with van der Waals surface area (Å²) < 4.78 is 0. The van der Waals surface area contributed by atoms with E-state index in [1.165, 1.54) is 19.3 Å². The van der Waals surface area contributed by atoms with Gasteiger partial charge in [0.1, 0.15) is 18.0 Å². The molecule has 0 unspecified atom stereocenters. The molecule has 0 spiro atoms. The highest BCUT2D eigenvalue weighted by Gasteiger charge is 2.10. The number of benzene rings is 2. The number of hydrogen-bond donors (Lipinski definition) is 4. The van der Waals surface area contributed by atoms with Crippen molar-refractivity contribution in [3.63, 3.8) is 0 Å². The Labute approximate surface area is 155 Å². The van der Waals surface area contributed by atoms with Crippen molar-refractivity contribution in [2.45, 2.75) is 6.92 Å². The Balaban J connectivity index is 1.79. The summed E-state index contributed by atoms with van der Waals surface area (Å²) in [6.07, 6.45) is 1.37. The maximum atomic E-state index is 11.3. The normalized spacial score (nSPS) is 10.1. The van der Waals surface area contributed by atoms with Crippen molar-refractivity contribution in [1.29, 1.82) is 0 Å². The summed E-state index contributed by atoms with van der Waals surface area (Å²) in [5.41, 5.74) is 1.98. The van der Waals surface area contributed by atoms with Crippen LogP contribution < -0.4 is 16.0 Å². The van der Waals surface area contributed by atoms with Crippen LogP contribution in [0.5, 0.6) is 0 Å². The summed E-state index contributed by atoms with van der Waals surface area (Å²) in [7, 11) is 0. The zero-order chi connectivity index (χ0) is 19.2. The van der Waals surface area contributed by atoms with E-state index in [1.54, 1.807) is 42.5 Å². The number of rotatable bonds is 6. The maximum Gasteiger partial charge on any atom is 0.337 e. The number of aromatic carboxylic acids is 1. The molecule has 1 heterocycles. The van der Waals surface area contributed by atoms with Crippen LogP contribution in [0.3, 0.4) is 0 Å². The lowest BCUT2D eigenvalue weighted by Gasteiger charge is -2.11. The number of para-hydroxylation sites is 1. The van der Waals surface area contributed by atoms with Crippen LogP contribution in [0.15, 0.2) is 60.9 Å². The molecule has 0 saturated heterocycles. The SMILES string of the molecule is CC(=O)Nc1cccc(Nc2cc(Nc3ccccc3C(=O)O)ncn2)c1. The van der Waals surface area contributed by atoms with E-state index < -0.39 is 5.97 Å². The third-order valence-electron chi connectivity index (χ3n) is 3.54. The van der Waals surface area contributed by atoms with Gasteiger partial charge in [-0.05, 0) is 30.3 Å². The summed E-state index contributed by atoms with van der Waals surface area (Å²) >= 11 is 0. The average molecular weight is 363 g/mol. The predicted octanol–water partition coefficient (Wildman–Crippen LogP) is 3.62. The average Bonchev–Trinajstić information content (AvgIpc) is 2.62. The van der Waals surface area contributed by atoms with Crippen LogP contribution in [-0.4, -0.2) is 27.0 Å². The Kier molecular flexibility index (Phi) is 5.27. The standard InChI is InChI=1S/C19H17N5O3/c1-12(25)22-13-5-4-6-14(9-13)23-17-10-18(21-11-20-17)24-16-8-3-2-7-15(16)19(26)27/h2-11H,1H3,(H,22,25)(H,26,27)(H2,20,21,23,24). The van der Waals surface area contributed by atoms with Crippen molar-refractivity contribution < 1.29 is 14.7 Å². The second-order valence-corrected chi connectivity index (χ2v) is 5.65. The van der Waals surface area contributed by atoms with Gasteiger partial charge in [-0.1, -0.05) is 18.2 Å². The molecule has 0 atom stereocenters. The first-order valence-electron chi connectivity index (χ1n) is 8.07. The Bertz CT molecular complexity index is 990. The molecule has 0 fully saturated rings. The first-order valence-corrected chi connectivity index (χ1v) is 8.07. The van der Waals surface area contributed by atoms with E-state index >= 15 is 0 Å². The van der Waals surface area contributed by atoms with Gasteiger partial charge in [0.15, 0.2) is 0 Å². The van der Waals surface area contributed by atoms with Gasteiger partial charge >= 0.3 is 5.97 Å². The number of nitrogens with zero attached hydrogens (tertiary/aromatic N) is 2. The number of amides is 1. The molecule has 1 amide bonds. The quantitative estimate of drug-likeness (QED) is 0.528. The van der Waals surface area contributed by atoms with E-state index in [4.69, 9.17) is 0 Å². The van der Waals surface area contributed by atoms with Gasteiger partial charge in [0.2, 0.25) is 5.91 Å². The lowest BCUT2D eigenvalue weighted by atomic mass is 10.2. The third-order valence-corrected chi connectivity index (χ3v) is 3.54. The minimum atomic E-state index is -1.03. The fourth-order valence-corrected chi connectivity index (χ4v) is 2.44. The van der Waals surface area contributed by atoms with Crippen LogP contribution in [0, 0.1) is 0 Å². The minimum absolute atomic E-state index is 0.147. The number of carbonyl (C=O) groups is 2. The molecule has 0 saturated carbocycles. The topological polar surface area (TPSA) is 116 Å². The van der Waals surface area contributed by atoms with Crippen LogP contribution in [-0.2, 0) is 4.79 Å². The highest BCUT2D eigenvalue weighted by Crippen LogP contribution is 2.23. The molecule has 8 heteroatoms. The summed E-state index contributed by atoms with van der Waals surface area (Å²) in [6, 6.07) is 15.4. The number of carboxylic acid groups (broad SMARTS) is 1. The van der Waals surface area contributed by atoms with Crippen molar-refractivity contribution in [1.82, 2.24) is 9.97 Å². The molecule has 0 aliphatic rings. The molecular weight excluding hydrogens is 346 g/mol. The number of carbonyl (C=O) groups excluding carboxylic acids is 1. The van der Waals surface area contributed by atoms with E-state index in [-0.39, 0.29) is 11.5 Å². The van der Waals surface area contributed by atoms with Crippen molar-refractivity contribution in [3.05, 3.63) is 66.5 Å². The first kappa shape index (κ1) is 17.9. The second-order valence-electron chi connectivity index (χ2n) is 5.65. The number of aromatic nitrogens is 2. The Hall–Kier alpha value is -3.94. The van der Waals surface area contributed by atoms with Crippen molar-refractivity contribution in [2.24, 2.45) is 0 Å². The summed E-state index contributed by atoms with van der Waals surface area (Å²) in [5, 5.41) is 18.1. The minimum Gasteiger partial charge on any atom is -0.478 e. The molecule has 4 N–H and O–H groups in total. The van der Waals surface area contributed by atoms with Crippen molar-refractivity contribution >= 4 is 40.6 Å². The molecule has 0 aliphatic carbocycles. The molecule has 3 rings (SSSR count). The maximum absolute atomic E-state index is 11.3. The van der Waals surface area contributed by atoms with Gasteiger partial charge in [-0.15, -0.1) is 0 Å². The number of nitrogens with one attached hydrogen (secondary N) is 3. The van der Waals surface area contributed by atoms with Gasteiger partial charge in [0.25, 0.3) is 0 Å². The van der Waals surface area contributed by atoms with Crippen molar-refractivity contribution in [3.8, 4) is 0 Å². The monoisotopic (exact) mass is 363 g/mol. The molecule has 27 heavy (non-hydrogen) atoms. The molecule has 0 bridgehead atoms. The van der Waals surface area contributed by atoms with Crippen LogP contribution in [0.1, 0.15) is 17.3 Å². The van der Waals surface area contributed by atoms with Gasteiger partial charge in [-0.25, -0.2) is 14.8 Å². The van der Waals surface area contributed by atoms with E-state index in [0.717, 1.165) is 5.69 Å². The van der Waals surface area contributed by atoms with Gasteiger partial charge < -0.3 is 21.1 Å². The van der Waals surface area contributed by atoms with Gasteiger partial charge in [-0.3, -0.25) is 4.79 Å². The van der Waals surface area contributed by atoms with Crippen LogP contribution in [0.2, 0.25) is 0 Å². The number of hydrogen-bond acceptors (Lipinski definition) is 6. The highest BCUT2D eigenvalue weighted by molar-refractivity contribution is 5.95. The molecule has 3 aromatic rings. The lowest BCUT2D eigenvalue weighted by Crippen LogP contribution is -2.06. The zero-order valence-electron chi connectivity index (χ0n) is 14.4. The van der Waals surface area contributed by atoms with E-state index in [1.807, 2.05) is 6.07 Å². The lowest BCUT2D eigenvalue weighted by molar-refractivity contribution is -0.114. The Morgan fingerprint density at radius 1 is 0.889 bits per heavy atom. The van der Waals surface area contributed by atoms with Crippen LogP contribution in [0.4, 0.5) is 28.7 Å². The highest BCUT2D eigenvalue weighted by atomic mass is 16.4. The smallest absolute Gasteiger partial charge is 0.337 e.